The van der Waals surface area contributed by atoms with E-state index in [1.807, 2.05) is 36.0 Å². The van der Waals surface area contributed by atoms with Crippen LogP contribution in [0.25, 0.3) is 5.82 Å². The van der Waals surface area contributed by atoms with Gasteiger partial charge in [0.15, 0.2) is 0 Å². The predicted molar refractivity (Wildman–Crippen MR) is 108 cm³/mol. The van der Waals surface area contributed by atoms with Gasteiger partial charge in [0, 0.05) is 31.5 Å². The lowest BCUT2D eigenvalue weighted by atomic mass is 10.1. The van der Waals surface area contributed by atoms with Crippen molar-refractivity contribution in [1.82, 2.24) is 19.3 Å². The van der Waals surface area contributed by atoms with E-state index >= 15 is 0 Å². The molecule has 28 heavy (non-hydrogen) atoms. The topological polar surface area (TPSA) is 98.1 Å². The highest BCUT2D eigenvalue weighted by Gasteiger charge is 2.19. The zero-order chi connectivity index (χ0) is 20.1. The number of aromatic nitrogens is 3. The average Bonchev–Trinajstić information content (AvgIpc) is 3.22. The highest BCUT2D eigenvalue weighted by atomic mass is 32.2. The number of nitrogens with one attached hydrogen (secondary N) is 2. The molecule has 2 aromatic heterocycles. The summed E-state index contributed by atoms with van der Waals surface area (Å²) in [4.78, 5) is 8.62. The van der Waals surface area contributed by atoms with Crippen molar-refractivity contribution >= 4 is 15.8 Å². The lowest BCUT2D eigenvalue weighted by molar-refractivity contribution is 0.410. The molecule has 148 valence electrons. The molecule has 3 rings (SSSR count). The van der Waals surface area contributed by atoms with Crippen LogP contribution in [0.5, 0.6) is 5.75 Å². The van der Waals surface area contributed by atoms with Gasteiger partial charge in [-0.3, -0.25) is 0 Å². The Morgan fingerprint density at radius 2 is 1.82 bits per heavy atom. The van der Waals surface area contributed by atoms with Crippen LogP contribution in [0.3, 0.4) is 0 Å². The van der Waals surface area contributed by atoms with Crippen molar-refractivity contribution in [1.29, 1.82) is 0 Å². The van der Waals surface area contributed by atoms with E-state index in [1.54, 1.807) is 32.2 Å². The molecule has 0 saturated heterocycles. The molecule has 1 aromatic carbocycles. The number of sulfonamides is 1. The molecule has 0 aliphatic heterocycles. The van der Waals surface area contributed by atoms with E-state index < -0.39 is 10.0 Å². The van der Waals surface area contributed by atoms with Crippen LogP contribution in [-0.4, -0.2) is 43.2 Å². The minimum atomic E-state index is -3.62. The van der Waals surface area contributed by atoms with Gasteiger partial charge in [0.2, 0.25) is 10.0 Å². The van der Waals surface area contributed by atoms with Crippen molar-refractivity contribution in [2.45, 2.75) is 18.7 Å². The summed E-state index contributed by atoms with van der Waals surface area (Å²) < 4.78 is 35.0. The van der Waals surface area contributed by atoms with E-state index in [-0.39, 0.29) is 11.4 Å². The van der Waals surface area contributed by atoms with Gasteiger partial charge in [-0.15, -0.1) is 0 Å². The minimum absolute atomic E-state index is 0.218. The van der Waals surface area contributed by atoms with Gasteiger partial charge in [0.1, 0.15) is 23.7 Å². The Bertz CT molecular complexity index is 1050. The Kier molecular flexibility index (Phi) is 5.96. The van der Waals surface area contributed by atoms with Gasteiger partial charge >= 0.3 is 0 Å². The number of benzene rings is 1. The molecule has 0 saturated carbocycles. The number of hydrogen-bond acceptors (Lipinski definition) is 6. The van der Waals surface area contributed by atoms with Gasteiger partial charge in [-0.1, -0.05) is 0 Å². The summed E-state index contributed by atoms with van der Waals surface area (Å²) in [5, 5.41) is 3.10. The average molecular weight is 401 g/mol. The Labute approximate surface area is 164 Å². The largest absolute Gasteiger partial charge is 0.496 e. The quantitative estimate of drug-likeness (QED) is 0.562. The number of hydrogen-bond donors (Lipinski definition) is 2. The fourth-order valence-electron chi connectivity index (χ4n) is 2.81. The molecule has 3 aromatic rings. The van der Waals surface area contributed by atoms with E-state index in [9.17, 15) is 8.42 Å². The standard InChI is InChI=1S/C19H23N5O3S/c1-14-15(2)17(7-6-16(14)27-3)28(25,26)23-9-8-20-18-12-19(22-13-21-18)24-10-4-5-11-24/h4-7,10-13,23H,8-9H2,1-3H3,(H,20,21,22). The Morgan fingerprint density at radius 3 is 2.54 bits per heavy atom. The molecule has 0 unspecified atom stereocenters. The van der Waals surface area contributed by atoms with E-state index in [2.05, 4.69) is 20.0 Å². The van der Waals surface area contributed by atoms with Crippen LogP contribution in [0.2, 0.25) is 0 Å². The smallest absolute Gasteiger partial charge is 0.240 e. The molecular weight excluding hydrogens is 378 g/mol. The van der Waals surface area contributed by atoms with Gasteiger partial charge in [-0.25, -0.2) is 23.1 Å². The zero-order valence-corrected chi connectivity index (χ0v) is 16.8. The van der Waals surface area contributed by atoms with Crippen LogP contribution in [0.15, 0.2) is 53.9 Å². The first-order chi connectivity index (χ1) is 13.4. The third-order valence-electron chi connectivity index (χ3n) is 4.44. The maximum atomic E-state index is 12.6. The Morgan fingerprint density at radius 1 is 1.07 bits per heavy atom. The fourth-order valence-corrected chi connectivity index (χ4v) is 4.14. The number of ether oxygens (including phenoxy) is 1. The second-order valence-electron chi connectivity index (χ2n) is 6.19. The first-order valence-corrected chi connectivity index (χ1v) is 10.2. The molecular formula is C19H23N5O3S. The van der Waals surface area contributed by atoms with Crippen molar-refractivity contribution in [3.05, 3.63) is 60.2 Å². The lowest BCUT2D eigenvalue weighted by Crippen LogP contribution is -2.29. The second-order valence-corrected chi connectivity index (χ2v) is 7.93. The minimum Gasteiger partial charge on any atom is -0.496 e. The van der Waals surface area contributed by atoms with Crippen molar-refractivity contribution in [3.63, 3.8) is 0 Å². The summed E-state index contributed by atoms with van der Waals surface area (Å²) in [6.45, 7) is 4.21. The van der Waals surface area contributed by atoms with Crippen molar-refractivity contribution in [2.75, 3.05) is 25.5 Å². The lowest BCUT2D eigenvalue weighted by Gasteiger charge is -2.14. The molecule has 0 bridgehead atoms. The first-order valence-electron chi connectivity index (χ1n) is 8.75. The zero-order valence-electron chi connectivity index (χ0n) is 16.0. The summed E-state index contributed by atoms with van der Waals surface area (Å²) in [7, 11) is -2.05. The van der Waals surface area contributed by atoms with Gasteiger partial charge in [0.05, 0.1) is 12.0 Å². The summed E-state index contributed by atoms with van der Waals surface area (Å²) in [6, 6.07) is 8.84. The van der Waals surface area contributed by atoms with Crippen molar-refractivity contribution < 1.29 is 13.2 Å². The fraction of sp³-hybridized carbons (Fsp3) is 0.263. The maximum absolute atomic E-state index is 12.6. The number of methoxy groups -OCH3 is 1. The third kappa shape index (κ3) is 4.32. The van der Waals surface area contributed by atoms with Crippen LogP contribution in [0, 0.1) is 13.8 Å². The number of anilines is 1. The van der Waals surface area contributed by atoms with Gasteiger partial charge in [-0.05, 0) is 49.2 Å². The Balaban J connectivity index is 1.61. The third-order valence-corrected chi connectivity index (χ3v) is 6.05. The van der Waals surface area contributed by atoms with Crippen molar-refractivity contribution in [2.24, 2.45) is 0 Å². The molecule has 0 fully saturated rings. The van der Waals surface area contributed by atoms with Crippen molar-refractivity contribution in [3.8, 4) is 11.6 Å². The van der Waals surface area contributed by atoms with Gasteiger partial charge in [-0.2, -0.15) is 0 Å². The summed E-state index contributed by atoms with van der Waals surface area (Å²) in [5.41, 5.74) is 1.48. The van der Waals surface area contributed by atoms with Crippen LogP contribution in [0.4, 0.5) is 5.82 Å². The number of nitrogens with zero attached hydrogens (tertiary/aromatic N) is 3. The monoisotopic (exact) mass is 401 g/mol. The molecule has 2 heterocycles. The summed E-state index contributed by atoms with van der Waals surface area (Å²) >= 11 is 0. The Hall–Kier alpha value is -2.91. The molecule has 0 aliphatic rings. The van der Waals surface area contributed by atoms with Crippen LogP contribution in [0.1, 0.15) is 11.1 Å². The van der Waals surface area contributed by atoms with Crippen LogP contribution in [-0.2, 0) is 10.0 Å². The first kappa shape index (κ1) is 19.8. The SMILES string of the molecule is COc1ccc(S(=O)(=O)NCCNc2cc(-n3cccc3)ncn2)c(C)c1C. The molecule has 0 atom stereocenters. The van der Waals surface area contributed by atoms with E-state index in [4.69, 9.17) is 4.74 Å². The van der Waals surface area contributed by atoms with E-state index in [1.165, 1.54) is 6.33 Å². The molecule has 0 amide bonds. The second kappa shape index (κ2) is 8.41. The predicted octanol–water partition coefficient (Wildman–Crippen LogP) is 2.28. The van der Waals surface area contributed by atoms with E-state index in [0.29, 0.717) is 23.7 Å². The molecule has 0 radical (unpaired) electrons. The van der Waals surface area contributed by atoms with Gasteiger partial charge < -0.3 is 14.6 Å². The number of rotatable bonds is 8. The molecule has 2 N–H and O–H groups in total. The highest BCUT2D eigenvalue weighted by molar-refractivity contribution is 7.89. The van der Waals surface area contributed by atoms with Gasteiger partial charge in [0.25, 0.3) is 0 Å². The summed E-state index contributed by atoms with van der Waals surface area (Å²) in [6.07, 6.45) is 5.24. The molecule has 9 heteroatoms. The van der Waals surface area contributed by atoms with Crippen LogP contribution < -0.4 is 14.8 Å². The maximum Gasteiger partial charge on any atom is 0.240 e. The molecule has 0 spiro atoms. The summed E-state index contributed by atoms with van der Waals surface area (Å²) in [5.74, 6) is 2.02. The molecule has 8 nitrogen and oxygen atoms in total. The van der Waals surface area contributed by atoms with E-state index in [0.717, 1.165) is 11.4 Å². The molecule has 0 aliphatic carbocycles. The highest BCUT2D eigenvalue weighted by Crippen LogP contribution is 2.26. The van der Waals surface area contributed by atoms with Crippen LogP contribution >= 0.6 is 0 Å². The normalized spacial score (nSPS) is 11.4.